The second kappa shape index (κ2) is 13.5. The van der Waals surface area contributed by atoms with Gasteiger partial charge in [0.25, 0.3) is 0 Å². The Morgan fingerprint density at radius 1 is 0.655 bits per heavy atom. The van der Waals surface area contributed by atoms with Crippen molar-refractivity contribution in [2.75, 3.05) is 13.2 Å². The number of furan rings is 1. The summed E-state index contributed by atoms with van der Waals surface area (Å²) >= 11 is 0. The number of unbranched alkanes of at least 4 members (excludes halogenated alkanes) is 1. The van der Waals surface area contributed by atoms with Crippen LogP contribution < -0.4 is 0 Å². The van der Waals surface area contributed by atoms with Gasteiger partial charge in [-0.05, 0) is 43.2 Å². The van der Waals surface area contributed by atoms with Crippen molar-refractivity contribution in [3.05, 3.63) is 59.0 Å². The SMILES string of the molecule is O=C(O)c1ccc(C(=O)O)cc1.O=C(O)c1ccoc1C(=O)O.OCCCCO. The number of aliphatic hydroxyl groups excluding tert-OH is 2. The van der Waals surface area contributed by atoms with Gasteiger partial charge in [0.1, 0.15) is 5.56 Å². The highest BCUT2D eigenvalue weighted by atomic mass is 16.4. The third-order valence-corrected chi connectivity index (χ3v) is 3.03. The van der Waals surface area contributed by atoms with Crippen molar-refractivity contribution >= 4 is 23.9 Å². The van der Waals surface area contributed by atoms with Crippen LogP contribution >= 0.6 is 0 Å². The first-order valence-electron chi connectivity index (χ1n) is 7.98. The van der Waals surface area contributed by atoms with E-state index in [4.69, 9.17) is 30.6 Å². The van der Waals surface area contributed by atoms with Crippen LogP contribution in [0.4, 0.5) is 0 Å². The molecule has 0 aliphatic heterocycles. The van der Waals surface area contributed by atoms with Crippen LogP contribution in [0.25, 0.3) is 0 Å². The lowest BCUT2D eigenvalue weighted by molar-refractivity contribution is 0.0625. The summed E-state index contributed by atoms with van der Waals surface area (Å²) in [4.78, 5) is 41.2. The molecule has 0 fully saturated rings. The van der Waals surface area contributed by atoms with E-state index in [2.05, 4.69) is 4.42 Å². The third-order valence-electron chi connectivity index (χ3n) is 3.03. The maximum absolute atomic E-state index is 10.3. The number of aliphatic hydroxyl groups is 2. The fourth-order valence-corrected chi connectivity index (χ4v) is 1.62. The maximum Gasteiger partial charge on any atom is 0.372 e. The fourth-order valence-electron chi connectivity index (χ4n) is 1.62. The van der Waals surface area contributed by atoms with Gasteiger partial charge in [-0.25, -0.2) is 19.2 Å². The van der Waals surface area contributed by atoms with Crippen molar-refractivity contribution in [3.8, 4) is 0 Å². The molecule has 0 saturated carbocycles. The largest absolute Gasteiger partial charge is 0.478 e. The Kier molecular flexibility index (Phi) is 11.7. The fraction of sp³-hybridized carbons (Fsp3) is 0.222. The van der Waals surface area contributed by atoms with Gasteiger partial charge >= 0.3 is 23.9 Å². The summed E-state index contributed by atoms with van der Waals surface area (Å²) in [5, 5.41) is 49.8. The highest BCUT2D eigenvalue weighted by molar-refractivity contribution is 5.99. The molecule has 2 rings (SSSR count). The molecule has 0 aliphatic carbocycles. The van der Waals surface area contributed by atoms with Crippen LogP contribution in [-0.2, 0) is 0 Å². The maximum atomic E-state index is 10.3. The van der Waals surface area contributed by atoms with Crippen LogP contribution in [0.3, 0.4) is 0 Å². The standard InChI is InChI=1S/C8H6O4.C6H4O5.C4H10O2/c9-7(10)5-1-2-6(4-3-5)8(11)12;7-5(8)3-1-2-11-4(3)6(9)10;5-3-1-2-4-6/h1-4H,(H,9,10)(H,11,12);1-2H,(H,7,8)(H,9,10);5-6H,1-4H2. The molecule has 0 radical (unpaired) electrons. The van der Waals surface area contributed by atoms with Gasteiger partial charge in [-0.2, -0.15) is 0 Å². The Balaban J connectivity index is 0.000000430. The molecule has 1 aromatic carbocycles. The van der Waals surface area contributed by atoms with Gasteiger partial charge in [0.15, 0.2) is 0 Å². The van der Waals surface area contributed by atoms with E-state index in [1.54, 1.807) is 0 Å². The number of benzene rings is 1. The Morgan fingerprint density at radius 3 is 1.31 bits per heavy atom. The molecule has 29 heavy (non-hydrogen) atoms. The molecule has 11 heteroatoms. The quantitative estimate of drug-likeness (QED) is 0.360. The molecule has 158 valence electrons. The van der Waals surface area contributed by atoms with Crippen molar-refractivity contribution in [1.82, 2.24) is 0 Å². The Labute approximate surface area is 164 Å². The van der Waals surface area contributed by atoms with E-state index in [9.17, 15) is 19.2 Å². The minimum atomic E-state index is -1.38. The average Bonchev–Trinajstić information content (AvgIpc) is 3.18. The van der Waals surface area contributed by atoms with E-state index in [1.165, 1.54) is 24.3 Å². The zero-order chi connectivity index (χ0) is 22.4. The average molecular weight is 412 g/mol. The lowest BCUT2D eigenvalue weighted by atomic mass is 10.1. The van der Waals surface area contributed by atoms with Crippen molar-refractivity contribution in [2.24, 2.45) is 0 Å². The first-order valence-corrected chi connectivity index (χ1v) is 7.98. The lowest BCUT2D eigenvalue weighted by Crippen LogP contribution is -2.03. The summed E-state index contributed by atoms with van der Waals surface area (Å²) in [6.07, 6.45) is 2.46. The van der Waals surface area contributed by atoms with E-state index < -0.39 is 29.6 Å². The normalized spacial score (nSPS) is 9.31. The van der Waals surface area contributed by atoms with Crippen molar-refractivity contribution in [2.45, 2.75) is 12.8 Å². The second-order valence-corrected chi connectivity index (χ2v) is 5.12. The summed E-state index contributed by atoms with van der Waals surface area (Å²) in [6, 6.07) is 6.11. The molecule has 0 unspecified atom stereocenters. The second-order valence-electron chi connectivity index (χ2n) is 5.12. The Morgan fingerprint density at radius 2 is 1.07 bits per heavy atom. The molecular formula is C18H20O11. The predicted molar refractivity (Wildman–Crippen MR) is 96.4 cm³/mol. The zero-order valence-electron chi connectivity index (χ0n) is 15.0. The highest BCUT2D eigenvalue weighted by Crippen LogP contribution is 2.09. The van der Waals surface area contributed by atoms with E-state index in [0.29, 0.717) is 0 Å². The van der Waals surface area contributed by atoms with Crippen LogP contribution in [0.2, 0.25) is 0 Å². The lowest BCUT2D eigenvalue weighted by Gasteiger charge is -1.94. The van der Waals surface area contributed by atoms with Gasteiger partial charge in [-0.1, -0.05) is 0 Å². The summed E-state index contributed by atoms with van der Waals surface area (Å²) in [5.41, 5.74) is -0.169. The molecule has 0 saturated heterocycles. The van der Waals surface area contributed by atoms with Crippen LogP contribution in [0.1, 0.15) is 54.5 Å². The molecule has 1 heterocycles. The first kappa shape index (κ1) is 25.3. The summed E-state index contributed by atoms with van der Waals surface area (Å²) in [7, 11) is 0. The molecule has 11 nitrogen and oxygen atoms in total. The topological polar surface area (TPSA) is 203 Å². The molecule has 0 spiro atoms. The van der Waals surface area contributed by atoms with Gasteiger partial charge in [0.2, 0.25) is 5.76 Å². The van der Waals surface area contributed by atoms with Crippen LogP contribution in [-0.4, -0.2) is 67.7 Å². The van der Waals surface area contributed by atoms with Gasteiger partial charge in [0.05, 0.1) is 17.4 Å². The molecule has 6 N–H and O–H groups in total. The first-order chi connectivity index (χ1) is 13.6. The summed E-state index contributed by atoms with van der Waals surface area (Å²) in [5.74, 6) is -5.36. The number of aromatic carboxylic acids is 4. The summed E-state index contributed by atoms with van der Waals surface area (Å²) < 4.78 is 4.41. The molecule has 0 amide bonds. The van der Waals surface area contributed by atoms with Crippen molar-refractivity contribution in [1.29, 1.82) is 0 Å². The van der Waals surface area contributed by atoms with Crippen LogP contribution in [0, 0.1) is 0 Å². The predicted octanol–water partition coefficient (Wildman–Crippen LogP) is 1.51. The van der Waals surface area contributed by atoms with Crippen LogP contribution in [0.15, 0.2) is 41.0 Å². The van der Waals surface area contributed by atoms with Crippen molar-refractivity contribution < 1.29 is 54.2 Å². The van der Waals surface area contributed by atoms with Crippen LogP contribution in [0.5, 0.6) is 0 Å². The van der Waals surface area contributed by atoms with E-state index >= 15 is 0 Å². The smallest absolute Gasteiger partial charge is 0.372 e. The minimum Gasteiger partial charge on any atom is -0.478 e. The molecular weight excluding hydrogens is 392 g/mol. The minimum absolute atomic E-state index is 0.0833. The van der Waals surface area contributed by atoms with E-state index in [0.717, 1.165) is 25.2 Å². The molecule has 0 aliphatic rings. The highest BCUT2D eigenvalue weighted by Gasteiger charge is 2.18. The number of carboxylic acids is 4. The zero-order valence-corrected chi connectivity index (χ0v) is 15.0. The molecule has 2 aromatic rings. The number of hydrogen-bond donors (Lipinski definition) is 6. The van der Waals surface area contributed by atoms with Gasteiger partial charge in [-0.15, -0.1) is 0 Å². The molecule has 0 bridgehead atoms. The number of hydrogen-bond acceptors (Lipinski definition) is 7. The van der Waals surface area contributed by atoms with Gasteiger partial charge in [0, 0.05) is 13.2 Å². The Bertz CT molecular complexity index is 740. The third kappa shape index (κ3) is 9.70. The number of carbonyl (C=O) groups is 4. The Hall–Kier alpha value is -3.70. The summed E-state index contributed by atoms with van der Waals surface area (Å²) in [6.45, 7) is 0.390. The van der Waals surface area contributed by atoms with E-state index in [-0.39, 0.29) is 29.9 Å². The van der Waals surface area contributed by atoms with Gasteiger partial charge in [-0.3, -0.25) is 0 Å². The number of rotatable bonds is 7. The number of carboxylic acid groups (broad SMARTS) is 4. The van der Waals surface area contributed by atoms with Gasteiger partial charge < -0.3 is 35.1 Å². The van der Waals surface area contributed by atoms with E-state index in [1.807, 2.05) is 0 Å². The van der Waals surface area contributed by atoms with Crippen molar-refractivity contribution in [3.63, 3.8) is 0 Å². The molecule has 1 aromatic heterocycles. The monoisotopic (exact) mass is 412 g/mol. The molecule has 0 atom stereocenters.